The van der Waals surface area contributed by atoms with Crippen molar-refractivity contribution in [1.82, 2.24) is 14.9 Å². The number of amides is 1. The fourth-order valence-corrected chi connectivity index (χ4v) is 7.06. The van der Waals surface area contributed by atoms with Crippen molar-refractivity contribution in [1.29, 1.82) is 0 Å². The largest absolute Gasteiger partial charge is 0.493 e. The summed E-state index contributed by atoms with van der Waals surface area (Å²) in [6.45, 7) is 7.43. The smallest absolute Gasteiger partial charge is 0.416 e. The first-order valence-electron chi connectivity index (χ1n) is 12.8. The van der Waals surface area contributed by atoms with Crippen LogP contribution in [0.3, 0.4) is 0 Å². The lowest BCUT2D eigenvalue weighted by atomic mass is 9.98. The Morgan fingerprint density at radius 3 is 2.56 bits per heavy atom. The highest BCUT2D eigenvalue weighted by atomic mass is 35.5. The second kappa shape index (κ2) is 11.3. The highest BCUT2D eigenvalue weighted by Gasteiger charge is 2.39. The zero-order chi connectivity index (χ0) is 28.6. The molecule has 0 bridgehead atoms. The van der Waals surface area contributed by atoms with Crippen molar-refractivity contribution < 1.29 is 31.1 Å². The Kier molecular flexibility index (Phi) is 8.56. The van der Waals surface area contributed by atoms with E-state index in [4.69, 9.17) is 16.3 Å². The Bertz CT molecular complexity index is 1330. The van der Waals surface area contributed by atoms with Crippen LogP contribution in [0.2, 0.25) is 5.02 Å². The van der Waals surface area contributed by atoms with E-state index in [-0.39, 0.29) is 35.5 Å². The molecule has 0 spiro atoms. The number of hydrogen-bond acceptors (Lipinski definition) is 5. The topological polar surface area (TPSA) is 87.7 Å². The minimum atomic E-state index is -4.72. The first-order chi connectivity index (χ1) is 18.1. The molecule has 2 atom stereocenters. The summed E-state index contributed by atoms with van der Waals surface area (Å²) in [5.74, 6) is 0.359. The van der Waals surface area contributed by atoms with Crippen LogP contribution in [0.1, 0.15) is 69.2 Å². The lowest BCUT2D eigenvalue weighted by Gasteiger charge is -2.29. The van der Waals surface area contributed by atoms with E-state index in [9.17, 15) is 26.4 Å². The normalized spacial score (nSPS) is 20.4. The third kappa shape index (κ3) is 7.06. The molecule has 2 aromatic carbocycles. The van der Waals surface area contributed by atoms with Gasteiger partial charge in [0.25, 0.3) is 0 Å². The molecule has 0 aromatic heterocycles. The number of benzene rings is 2. The molecule has 39 heavy (non-hydrogen) atoms. The molecule has 0 unspecified atom stereocenters. The lowest BCUT2D eigenvalue weighted by Crippen LogP contribution is -2.40. The quantitative estimate of drug-likeness (QED) is 0.451. The fraction of sp³-hybridized carbons (Fsp3) is 0.519. The van der Waals surface area contributed by atoms with E-state index >= 15 is 0 Å². The summed E-state index contributed by atoms with van der Waals surface area (Å²) in [5, 5.41) is 6.13. The number of rotatable bonds is 7. The van der Waals surface area contributed by atoms with Gasteiger partial charge in [-0.2, -0.15) is 17.5 Å². The van der Waals surface area contributed by atoms with E-state index < -0.39 is 32.7 Å². The van der Waals surface area contributed by atoms with Gasteiger partial charge in [-0.05, 0) is 63.4 Å². The first-order valence-corrected chi connectivity index (χ1v) is 14.7. The number of alkyl halides is 3. The van der Waals surface area contributed by atoms with Gasteiger partial charge in [0.2, 0.25) is 15.9 Å². The van der Waals surface area contributed by atoms with Crippen LogP contribution in [0.4, 0.5) is 13.2 Å². The van der Waals surface area contributed by atoms with Gasteiger partial charge >= 0.3 is 6.18 Å². The summed E-state index contributed by atoms with van der Waals surface area (Å²) in [6.07, 6.45) is -3.37. The van der Waals surface area contributed by atoms with E-state index in [0.717, 1.165) is 27.6 Å². The average molecular weight is 588 g/mol. The molecule has 2 aliphatic heterocycles. The minimum absolute atomic E-state index is 0.0403. The molecule has 0 aliphatic carbocycles. The van der Waals surface area contributed by atoms with Gasteiger partial charge in [0, 0.05) is 43.1 Å². The maximum Gasteiger partial charge on any atom is 0.416 e. The van der Waals surface area contributed by atoms with Crippen molar-refractivity contribution in [3.8, 4) is 5.75 Å². The van der Waals surface area contributed by atoms with Crippen molar-refractivity contribution >= 4 is 27.5 Å². The molecule has 214 valence electrons. The van der Waals surface area contributed by atoms with Crippen molar-refractivity contribution in [2.24, 2.45) is 0 Å². The van der Waals surface area contributed by atoms with Crippen LogP contribution >= 0.6 is 11.6 Å². The third-order valence-corrected chi connectivity index (χ3v) is 9.30. The van der Waals surface area contributed by atoms with E-state index in [0.29, 0.717) is 44.2 Å². The van der Waals surface area contributed by atoms with Gasteiger partial charge in [0.15, 0.2) is 0 Å². The molecule has 1 saturated heterocycles. The average Bonchev–Trinajstić information content (AvgIpc) is 3.30. The van der Waals surface area contributed by atoms with E-state index in [2.05, 4.69) is 31.4 Å². The summed E-state index contributed by atoms with van der Waals surface area (Å²) in [7, 11) is -4.35. The molecular formula is C27H33ClF3N3O4S. The predicted molar refractivity (Wildman–Crippen MR) is 142 cm³/mol. The summed E-state index contributed by atoms with van der Waals surface area (Å²) < 4.78 is 73.3. The molecule has 4 rings (SSSR count). The van der Waals surface area contributed by atoms with Gasteiger partial charge in [-0.1, -0.05) is 23.7 Å². The van der Waals surface area contributed by atoms with Gasteiger partial charge in [0.05, 0.1) is 23.2 Å². The number of sulfonamides is 1. The second-order valence-corrected chi connectivity index (χ2v) is 13.3. The summed E-state index contributed by atoms with van der Waals surface area (Å²) >= 11 is 6.02. The molecule has 2 aliphatic rings. The van der Waals surface area contributed by atoms with Crippen LogP contribution in [-0.2, 0) is 27.5 Å². The SMILES string of the molecule is CC(C)(C)NCc1ccc2c(c1)OCC[C@H]2NC(=O)C[C@@H]1CCCN1S(=O)(=O)c1cc(C(F)(F)F)ccc1Cl. The number of nitrogens with zero attached hydrogens (tertiary/aromatic N) is 1. The summed E-state index contributed by atoms with van der Waals surface area (Å²) in [6, 6.07) is 7.11. The standard InChI is InChI=1S/C27H33ClF3N3O4S/c1-26(2,3)32-16-17-6-8-20-22(10-12-38-23(20)13-17)33-25(35)15-19-5-4-11-34(19)39(36,37)24-14-18(27(29,30)31)7-9-21(24)28/h6-9,13-14,19,22,32H,4-5,10-12,15-16H2,1-3H3,(H,33,35)/t19-,22+/m0/s1. The zero-order valence-electron chi connectivity index (χ0n) is 22.1. The fourth-order valence-electron chi connectivity index (χ4n) is 4.86. The molecule has 0 radical (unpaired) electrons. The maximum absolute atomic E-state index is 13.3. The van der Waals surface area contributed by atoms with Gasteiger partial charge in [-0.3, -0.25) is 4.79 Å². The maximum atomic E-state index is 13.3. The molecule has 2 N–H and O–H groups in total. The second-order valence-electron chi connectivity index (χ2n) is 11.0. The minimum Gasteiger partial charge on any atom is -0.493 e. The Hall–Kier alpha value is -2.34. The molecule has 2 aromatic rings. The summed E-state index contributed by atoms with van der Waals surface area (Å²) in [5.41, 5.74) is 0.757. The van der Waals surface area contributed by atoms with Gasteiger partial charge in [-0.15, -0.1) is 0 Å². The number of nitrogens with one attached hydrogen (secondary N) is 2. The first kappa shape index (κ1) is 29.6. The van der Waals surface area contributed by atoms with Crippen LogP contribution in [-0.4, -0.2) is 43.4 Å². The summed E-state index contributed by atoms with van der Waals surface area (Å²) in [4.78, 5) is 12.5. The monoisotopic (exact) mass is 587 g/mol. The number of fused-ring (bicyclic) bond motifs is 1. The highest BCUT2D eigenvalue weighted by Crippen LogP contribution is 2.37. The van der Waals surface area contributed by atoms with Crippen molar-refractivity contribution in [3.63, 3.8) is 0 Å². The van der Waals surface area contributed by atoms with Crippen LogP contribution in [0, 0.1) is 0 Å². The molecule has 12 heteroatoms. The highest BCUT2D eigenvalue weighted by molar-refractivity contribution is 7.89. The Morgan fingerprint density at radius 2 is 1.87 bits per heavy atom. The zero-order valence-corrected chi connectivity index (χ0v) is 23.6. The van der Waals surface area contributed by atoms with Gasteiger partial charge in [0.1, 0.15) is 10.6 Å². The number of carbonyl (C=O) groups excluding carboxylic acids is 1. The van der Waals surface area contributed by atoms with Gasteiger partial charge in [-0.25, -0.2) is 8.42 Å². The third-order valence-electron chi connectivity index (χ3n) is 6.86. The van der Waals surface area contributed by atoms with Crippen LogP contribution in [0.15, 0.2) is 41.3 Å². The van der Waals surface area contributed by atoms with Crippen molar-refractivity contribution in [3.05, 3.63) is 58.1 Å². The Balaban J connectivity index is 1.46. The van der Waals surface area contributed by atoms with Crippen LogP contribution in [0.25, 0.3) is 0 Å². The Labute approximate surface area is 232 Å². The van der Waals surface area contributed by atoms with E-state index in [1.165, 1.54) is 0 Å². The van der Waals surface area contributed by atoms with Crippen molar-refractivity contribution in [2.75, 3.05) is 13.2 Å². The molecule has 0 saturated carbocycles. The van der Waals surface area contributed by atoms with E-state index in [1.54, 1.807) is 0 Å². The molecule has 1 fully saturated rings. The number of ether oxygens (including phenoxy) is 1. The number of carbonyl (C=O) groups is 1. The van der Waals surface area contributed by atoms with Gasteiger partial charge < -0.3 is 15.4 Å². The number of hydrogen-bond donors (Lipinski definition) is 2. The lowest BCUT2D eigenvalue weighted by molar-refractivity contribution is -0.137. The van der Waals surface area contributed by atoms with Crippen LogP contribution in [0.5, 0.6) is 5.75 Å². The Morgan fingerprint density at radius 1 is 1.13 bits per heavy atom. The molecular weight excluding hydrogens is 555 g/mol. The van der Waals surface area contributed by atoms with Crippen LogP contribution < -0.4 is 15.4 Å². The predicted octanol–water partition coefficient (Wildman–Crippen LogP) is 5.43. The molecule has 1 amide bonds. The molecule has 7 nitrogen and oxygen atoms in total. The van der Waals surface area contributed by atoms with E-state index in [1.807, 2.05) is 18.2 Å². The van der Waals surface area contributed by atoms with Crippen molar-refractivity contribution in [2.45, 2.75) is 81.7 Å². The molecule has 2 heterocycles. The number of halogens is 4.